The lowest BCUT2D eigenvalue weighted by Gasteiger charge is -2.43. The molecule has 130 valence electrons. The van der Waals surface area contributed by atoms with E-state index in [4.69, 9.17) is 4.74 Å². The molecule has 0 N–H and O–H groups in total. The zero-order valence-corrected chi connectivity index (χ0v) is 14.3. The van der Waals surface area contributed by atoms with Crippen LogP contribution in [0.25, 0.3) is 0 Å². The van der Waals surface area contributed by atoms with Gasteiger partial charge in [0.1, 0.15) is 6.33 Å². The van der Waals surface area contributed by atoms with E-state index in [9.17, 15) is 9.59 Å². The van der Waals surface area contributed by atoms with Crippen molar-refractivity contribution < 1.29 is 14.3 Å². The van der Waals surface area contributed by atoms with Crippen LogP contribution in [0, 0.1) is 0 Å². The van der Waals surface area contributed by atoms with Crippen molar-refractivity contribution in [3.63, 3.8) is 0 Å². The Kier molecular flexibility index (Phi) is 4.80. The zero-order chi connectivity index (χ0) is 17.2. The van der Waals surface area contributed by atoms with E-state index in [0.717, 1.165) is 18.5 Å². The predicted molar refractivity (Wildman–Crippen MR) is 87.2 cm³/mol. The van der Waals surface area contributed by atoms with Crippen molar-refractivity contribution in [3.05, 3.63) is 24.3 Å². The van der Waals surface area contributed by atoms with Gasteiger partial charge >= 0.3 is 0 Å². The Morgan fingerprint density at radius 2 is 2.00 bits per heavy atom. The summed E-state index contributed by atoms with van der Waals surface area (Å²) >= 11 is 0. The SMILES string of the molecule is CC(=O)N1CCOC(C)(C(=O)N2CCC(c3ccncn3)CC2)C1. The molecule has 3 heterocycles. The molecule has 0 aliphatic carbocycles. The van der Waals surface area contributed by atoms with E-state index in [1.165, 1.54) is 6.92 Å². The number of morpholine rings is 1. The van der Waals surface area contributed by atoms with Gasteiger partial charge in [0.25, 0.3) is 5.91 Å². The van der Waals surface area contributed by atoms with Crippen LogP contribution in [0.5, 0.6) is 0 Å². The second-order valence-electron chi connectivity index (χ2n) is 6.72. The molecule has 3 rings (SSSR count). The third kappa shape index (κ3) is 3.40. The summed E-state index contributed by atoms with van der Waals surface area (Å²) in [6.45, 7) is 5.98. The lowest BCUT2D eigenvalue weighted by Crippen LogP contribution is -2.60. The normalized spacial score (nSPS) is 25.6. The summed E-state index contributed by atoms with van der Waals surface area (Å²) in [4.78, 5) is 36.4. The third-order valence-corrected chi connectivity index (χ3v) is 4.98. The molecule has 0 saturated carbocycles. The first kappa shape index (κ1) is 16.8. The van der Waals surface area contributed by atoms with E-state index in [1.54, 1.807) is 24.3 Å². The predicted octanol–water partition coefficient (Wildman–Crippen LogP) is 0.820. The maximum atomic E-state index is 12.9. The maximum Gasteiger partial charge on any atom is 0.256 e. The molecule has 7 heteroatoms. The number of hydrogen-bond acceptors (Lipinski definition) is 5. The lowest BCUT2D eigenvalue weighted by atomic mass is 9.92. The third-order valence-electron chi connectivity index (χ3n) is 4.98. The van der Waals surface area contributed by atoms with E-state index < -0.39 is 5.60 Å². The van der Waals surface area contributed by atoms with Gasteiger partial charge in [-0.05, 0) is 25.8 Å². The molecule has 2 fully saturated rings. The van der Waals surface area contributed by atoms with Gasteiger partial charge in [0.2, 0.25) is 5.91 Å². The summed E-state index contributed by atoms with van der Waals surface area (Å²) in [6.07, 6.45) is 5.09. The maximum absolute atomic E-state index is 12.9. The fourth-order valence-corrected chi connectivity index (χ4v) is 3.52. The number of nitrogens with zero attached hydrogens (tertiary/aromatic N) is 4. The number of aromatic nitrogens is 2. The van der Waals surface area contributed by atoms with Crippen molar-refractivity contribution >= 4 is 11.8 Å². The first-order chi connectivity index (χ1) is 11.5. The molecule has 0 aromatic carbocycles. The van der Waals surface area contributed by atoms with Gasteiger partial charge in [-0.25, -0.2) is 9.97 Å². The Morgan fingerprint density at radius 1 is 1.25 bits per heavy atom. The summed E-state index contributed by atoms with van der Waals surface area (Å²) in [5.74, 6) is 0.334. The standard InChI is InChI=1S/C17H24N4O3/c1-13(22)21-9-10-24-17(2,11-21)16(23)20-7-4-14(5-8-20)15-3-6-18-12-19-15/h3,6,12,14H,4-5,7-11H2,1-2H3. The molecule has 2 aliphatic heterocycles. The minimum Gasteiger partial charge on any atom is -0.362 e. The van der Waals surface area contributed by atoms with Gasteiger partial charge < -0.3 is 14.5 Å². The second kappa shape index (κ2) is 6.84. The Morgan fingerprint density at radius 3 is 2.62 bits per heavy atom. The summed E-state index contributed by atoms with van der Waals surface area (Å²) in [5.41, 5.74) is 0.103. The zero-order valence-electron chi connectivity index (χ0n) is 14.3. The number of amides is 2. The van der Waals surface area contributed by atoms with Crippen LogP contribution in [0.2, 0.25) is 0 Å². The van der Waals surface area contributed by atoms with Crippen LogP contribution in [-0.2, 0) is 14.3 Å². The van der Waals surface area contributed by atoms with Crippen molar-refractivity contribution in [2.45, 2.75) is 38.2 Å². The number of hydrogen-bond donors (Lipinski definition) is 0. The fraction of sp³-hybridized carbons (Fsp3) is 0.647. The molecule has 1 unspecified atom stereocenters. The molecule has 1 aromatic rings. The minimum atomic E-state index is -0.939. The number of rotatable bonds is 2. The van der Waals surface area contributed by atoms with Gasteiger partial charge in [-0.1, -0.05) is 0 Å². The van der Waals surface area contributed by atoms with Gasteiger partial charge in [-0.2, -0.15) is 0 Å². The second-order valence-corrected chi connectivity index (χ2v) is 6.72. The first-order valence-electron chi connectivity index (χ1n) is 8.44. The molecule has 1 aromatic heterocycles. The topological polar surface area (TPSA) is 75.6 Å². The molecule has 2 aliphatic rings. The molecule has 0 bridgehead atoms. The van der Waals surface area contributed by atoms with Gasteiger partial charge in [-0.3, -0.25) is 9.59 Å². The van der Waals surface area contributed by atoms with Crippen molar-refractivity contribution in [2.75, 3.05) is 32.8 Å². The smallest absolute Gasteiger partial charge is 0.256 e. The number of carbonyl (C=O) groups is 2. The van der Waals surface area contributed by atoms with Crippen molar-refractivity contribution in [2.24, 2.45) is 0 Å². The van der Waals surface area contributed by atoms with E-state index in [-0.39, 0.29) is 11.8 Å². The summed E-state index contributed by atoms with van der Waals surface area (Å²) < 4.78 is 5.77. The van der Waals surface area contributed by atoms with Crippen molar-refractivity contribution in [1.29, 1.82) is 0 Å². The Labute approximate surface area is 142 Å². The van der Waals surface area contributed by atoms with E-state index in [0.29, 0.717) is 38.7 Å². The van der Waals surface area contributed by atoms with Crippen molar-refractivity contribution in [3.8, 4) is 0 Å². The van der Waals surface area contributed by atoms with Gasteiger partial charge in [-0.15, -0.1) is 0 Å². The summed E-state index contributed by atoms with van der Waals surface area (Å²) in [6, 6.07) is 1.94. The highest BCUT2D eigenvalue weighted by Crippen LogP contribution is 2.29. The number of carbonyl (C=O) groups excluding carboxylic acids is 2. The highest BCUT2D eigenvalue weighted by molar-refractivity contribution is 5.86. The largest absolute Gasteiger partial charge is 0.362 e. The Balaban J connectivity index is 1.61. The molecular weight excluding hydrogens is 308 g/mol. The molecule has 24 heavy (non-hydrogen) atoms. The summed E-state index contributed by atoms with van der Waals surface area (Å²) in [5, 5.41) is 0. The lowest BCUT2D eigenvalue weighted by molar-refractivity contribution is -0.171. The van der Waals surface area contributed by atoms with Crippen LogP contribution in [0.3, 0.4) is 0 Å². The first-order valence-corrected chi connectivity index (χ1v) is 8.44. The molecule has 0 radical (unpaired) electrons. The van der Waals surface area contributed by atoms with Crippen LogP contribution in [0.4, 0.5) is 0 Å². The van der Waals surface area contributed by atoms with Gasteiger partial charge in [0, 0.05) is 44.4 Å². The number of ether oxygens (including phenoxy) is 1. The highest BCUT2D eigenvalue weighted by Gasteiger charge is 2.43. The minimum absolute atomic E-state index is 0.0141. The van der Waals surface area contributed by atoms with Gasteiger partial charge in [0.15, 0.2) is 5.60 Å². The van der Waals surface area contributed by atoms with Crippen LogP contribution >= 0.6 is 0 Å². The van der Waals surface area contributed by atoms with E-state index >= 15 is 0 Å². The van der Waals surface area contributed by atoms with Crippen LogP contribution < -0.4 is 0 Å². The molecule has 1 atom stereocenters. The molecule has 7 nitrogen and oxygen atoms in total. The monoisotopic (exact) mass is 332 g/mol. The van der Waals surface area contributed by atoms with E-state index in [2.05, 4.69) is 9.97 Å². The highest BCUT2D eigenvalue weighted by atomic mass is 16.5. The summed E-state index contributed by atoms with van der Waals surface area (Å²) in [7, 11) is 0. The number of piperidine rings is 1. The quantitative estimate of drug-likeness (QED) is 0.801. The average molecular weight is 332 g/mol. The van der Waals surface area contributed by atoms with Crippen LogP contribution in [-0.4, -0.2) is 70.0 Å². The number of likely N-dealkylation sites (tertiary alicyclic amines) is 1. The Hall–Kier alpha value is -2.02. The van der Waals surface area contributed by atoms with Crippen LogP contribution in [0.1, 0.15) is 38.3 Å². The molecular formula is C17H24N4O3. The fourth-order valence-electron chi connectivity index (χ4n) is 3.52. The average Bonchev–Trinajstić information content (AvgIpc) is 2.62. The molecule has 0 spiro atoms. The molecule has 2 saturated heterocycles. The van der Waals surface area contributed by atoms with Crippen molar-refractivity contribution in [1.82, 2.24) is 19.8 Å². The molecule has 2 amide bonds. The van der Waals surface area contributed by atoms with Gasteiger partial charge in [0.05, 0.1) is 13.2 Å². The van der Waals surface area contributed by atoms with Crippen LogP contribution in [0.15, 0.2) is 18.6 Å². The van der Waals surface area contributed by atoms with E-state index in [1.807, 2.05) is 11.0 Å². The Bertz CT molecular complexity index is 601.